The maximum Gasteiger partial charge on any atom is 0.151 e. The van der Waals surface area contributed by atoms with Gasteiger partial charge in [-0.25, -0.2) is 0 Å². The Labute approximate surface area is 91.7 Å². The molecule has 0 saturated carbocycles. The minimum Gasteiger partial charge on any atom is -0.307 e. The van der Waals surface area contributed by atoms with Gasteiger partial charge in [-0.2, -0.15) is 0 Å². The Hall–Kier alpha value is -1.15. The van der Waals surface area contributed by atoms with Gasteiger partial charge in [0.25, 0.3) is 0 Å². The van der Waals surface area contributed by atoms with Crippen molar-refractivity contribution < 1.29 is 4.79 Å². The lowest BCUT2D eigenvalue weighted by molar-refractivity contribution is -0.119. The topological polar surface area (TPSA) is 29.1 Å². The SMILES string of the molecule is CCCc1ccc(C(NC)C(C)=O)cc1. The molecule has 2 nitrogen and oxygen atoms in total. The van der Waals surface area contributed by atoms with Gasteiger partial charge in [-0.05, 0) is 31.5 Å². The normalized spacial score (nSPS) is 12.5. The summed E-state index contributed by atoms with van der Waals surface area (Å²) in [7, 11) is 1.81. The van der Waals surface area contributed by atoms with E-state index in [0.29, 0.717) is 0 Å². The number of nitrogens with one attached hydrogen (secondary N) is 1. The zero-order valence-electron chi connectivity index (χ0n) is 9.71. The number of hydrogen-bond donors (Lipinski definition) is 1. The summed E-state index contributed by atoms with van der Waals surface area (Å²) in [5.74, 6) is 0.153. The van der Waals surface area contributed by atoms with Crippen molar-refractivity contribution in [2.45, 2.75) is 32.7 Å². The maximum absolute atomic E-state index is 11.3. The van der Waals surface area contributed by atoms with Crippen LogP contribution in [0, 0.1) is 0 Å². The summed E-state index contributed by atoms with van der Waals surface area (Å²) in [6.45, 7) is 3.78. The molecule has 0 aromatic heterocycles. The van der Waals surface area contributed by atoms with E-state index in [9.17, 15) is 4.79 Å². The third kappa shape index (κ3) is 3.17. The standard InChI is InChI=1S/C13H19NO/c1-4-5-11-6-8-12(9-7-11)13(14-3)10(2)15/h6-9,13-14H,4-5H2,1-3H3. The van der Waals surface area contributed by atoms with Gasteiger partial charge in [0.15, 0.2) is 5.78 Å². The quantitative estimate of drug-likeness (QED) is 0.800. The summed E-state index contributed by atoms with van der Waals surface area (Å²) in [5, 5.41) is 3.02. The van der Waals surface area contributed by atoms with E-state index in [1.54, 1.807) is 6.92 Å². The Morgan fingerprint density at radius 3 is 2.33 bits per heavy atom. The fourth-order valence-corrected chi connectivity index (χ4v) is 1.77. The summed E-state index contributed by atoms with van der Waals surface area (Å²) < 4.78 is 0. The number of carbonyl (C=O) groups excluding carboxylic acids is 1. The zero-order chi connectivity index (χ0) is 11.3. The van der Waals surface area contributed by atoms with Gasteiger partial charge < -0.3 is 5.32 Å². The minimum absolute atomic E-state index is 0.153. The first-order valence-corrected chi connectivity index (χ1v) is 5.45. The fraction of sp³-hybridized carbons (Fsp3) is 0.462. The predicted molar refractivity (Wildman–Crippen MR) is 62.9 cm³/mol. The van der Waals surface area contributed by atoms with Crippen LogP contribution in [0.1, 0.15) is 37.4 Å². The van der Waals surface area contributed by atoms with E-state index in [1.807, 2.05) is 19.2 Å². The third-order valence-corrected chi connectivity index (χ3v) is 2.55. The van der Waals surface area contributed by atoms with Crippen LogP contribution >= 0.6 is 0 Å². The lowest BCUT2D eigenvalue weighted by Crippen LogP contribution is -2.23. The molecule has 0 saturated heterocycles. The van der Waals surface area contributed by atoms with Crippen molar-refractivity contribution in [3.63, 3.8) is 0 Å². The van der Waals surface area contributed by atoms with Crippen molar-refractivity contribution in [1.82, 2.24) is 5.32 Å². The Kier molecular flexibility index (Phi) is 4.50. The highest BCUT2D eigenvalue weighted by Crippen LogP contribution is 2.15. The monoisotopic (exact) mass is 205 g/mol. The second-order valence-corrected chi connectivity index (χ2v) is 3.82. The Bertz CT molecular complexity index is 316. The zero-order valence-corrected chi connectivity index (χ0v) is 9.71. The highest BCUT2D eigenvalue weighted by atomic mass is 16.1. The molecule has 0 aliphatic carbocycles. The smallest absolute Gasteiger partial charge is 0.151 e. The van der Waals surface area contributed by atoms with E-state index in [1.165, 1.54) is 5.56 Å². The molecule has 0 radical (unpaired) electrons. The molecule has 0 bridgehead atoms. The van der Waals surface area contributed by atoms with Crippen LogP contribution in [0.4, 0.5) is 0 Å². The van der Waals surface area contributed by atoms with Gasteiger partial charge in [0, 0.05) is 0 Å². The number of carbonyl (C=O) groups is 1. The molecule has 1 unspecified atom stereocenters. The van der Waals surface area contributed by atoms with Crippen LogP contribution in [0.25, 0.3) is 0 Å². The summed E-state index contributed by atoms with van der Waals surface area (Å²) in [6, 6.07) is 8.11. The van der Waals surface area contributed by atoms with Gasteiger partial charge in [0.2, 0.25) is 0 Å². The molecule has 0 amide bonds. The molecule has 1 aromatic carbocycles. The lowest BCUT2D eigenvalue weighted by Gasteiger charge is -2.13. The molecule has 1 aromatic rings. The highest BCUT2D eigenvalue weighted by Gasteiger charge is 2.13. The molecular weight excluding hydrogens is 186 g/mol. The highest BCUT2D eigenvalue weighted by molar-refractivity contribution is 5.82. The number of Topliss-reactive ketones (excluding diaryl/α,β-unsaturated/α-hetero) is 1. The van der Waals surface area contributed by atoms with Gasteiger partial charge >= 0.3 is 0 Å². The largest absolute Gasteiger partial charge is 0.307 e. The average Bonchev–Trinajstić information content (AvgIpc) is 2.21. The molecule has 15 heavy (non-hydrogen) atoms. The van der Waals surface area contributed by atoms with Crippen molar-refractivity contribution in [3.8, 4) is 0 Å². The first-order chi connectivity index (χ1) is 7.19. The number of ketones is 1. The number of likely N-dealkylation sites (N-methyl/N-ethyl adjacent to an activating group) is 1. The second kappa shape index (κ2) is 5.66. The number of hydrogen-bond acceptors (Lipinski definition) is 2. The van der Waals surface area contributed by atoms with Crippen LogP contribution < -0.4 is 5.32 Å². The molecule has 0 aliphatic rings. The molecule has 1 rings (SSSR count). The van der Waals surface area contributed by atoms with Crippen molar-refractivity contribution in [2.24, 2.45) is 0 Å². The molecule has 1 atom stereocenters. The molecule has 2 heteroatoms. The molecule has 0 aliphatic heterocycles. The maximum atomic E-state index is 11.3. The van der Waals surface area contributed by atoms with Crippen LogP contribution in [0.15, 0.2) is 24.3 Å². The van der Waals surface area contributed by atoms with E-state index in [-0.39, 0.29) is 11.8 Å². The Morgan fingerprint density at radius 2 is 1.93 bits per heavy atom. The Morgan fingerprint density at radius 1 is 1.33 bits per heavy atom. The Balaban J connectivity index is 2.82. The summed E-state index contributed by atoms with van der Waals surface area (Å²) in [6.07, 6.45) is 2.26. The van der Waals surface area contributed by atoms with Gasteiger partial charge in [-0.1, -0.05) is 37.6 Å². The van der Waals surface area contributed by atoms with E-state index in [2.05, 4.69) is 24.4 Å². The number of aryl methyl sites for hydroxylation is 1. The van der Waals surface area contributed by atoms with Crippen LogP contribution in [0.2, 0.25) is 0 Å². The van der Waals surface area contributed by atoms with Crippen LogP contribution in [0.5, 0.6) is 0 Å². The van der Waals surface area contributed by atoms with Crippen molar-refractivity contribution in [2.75, 3.05) is 7.05 Å². The van der Waals surface area contributed by atoms with Gasteiger partial charge in [0.05, 0.1) is 6.04 Å². The van der Waals surface area contributed by atoms with Gasteiger partial charge in [-0.15, -0.1) is 0 Å². The molecule has 1 N–H and O–H groups in total. The van der Waals surface area contributed by atoms with E-state index in [4.69, 9.17) is 0 Å². The van der Waals surface area contributed by atoms with E-state index in [0.717, 1.165) is 18.4 Å². The summed E-state index contributed by atoms with van der Waals surface area (Å²) in [5.41, 5.74) is 2.38. The first-order valence-electron chi connectivity index (χ1n) is 5.45. The van der Waals surface area contributed by atoms with Crippen molar-refractivity contribution >= 4 is 5.78 Å². The molecule has 0 fully saturated rings. The minimum atomic E-state index is -0.166. The number of benzene rings is 1. The van der Waals surface area contributed by atoms with Crippen molar-refractivity contribution in [1.29, 1.82) is 0 Å². The lowest BCUT2D eigenvalue weighted by atomic mass is 10.0. The van der Waals surface area contributed by atoms with E-state index >= 15 is 0 Å². The first kappa shape index (κ1) is 11.9. The van der Waals surface area contributed by atoms with Crippen LogP contribution in [-0.4, -0.2) is 12.8 Å². The number of rotatable bonds is 5. The molecule has 0 spiro atoms. The predicted octanol–water partition coefficient (Wildman–Crippen LogP) is 2.49. The van der Waals surface area contributed by atoms with Gasteiger partial charge in [0.1, 0.15) is 0 Å². The van der Waals surface area contributed by atoms with Crippen LogP contribution in [0.3, 0.4) is 0 Å². The van der Waals surface area contributed by atoms with Gasteiger partial charge in [-0.3, -0.25) is 4.79 Å². The summed E-state index contributed by atoms with van der Waals surface area (Å²) >= 11 is 0. The van der Waals surface area contributed by atoms with Crippen molar-refractivity contribution in [3.05, 3.63) is 35.4 Å². The molecule has 82 valence electrons. The third-order valence-electron chi connectivity index (χ3n) is 2.55. The van der Waals surface area contributed by atoms with E-state index < -0.39 is 0 Å². The summed E-state index contributed by atoms with van der Waals surface area (Å²) in [4.78, 5) is 11.3. The second-order valence-electron chi connectivity index (χ2n) is 3.82. The average molecular weight is 205 g/mol. The fourth-order valence-electron chi connectivity index (χ4n) is 1.77. The van der Waals surface area contributed by atoms with Crippen LogP contribution in [-0.2, 0) is 11.2 Å². The molecule has 0 heterocycles. The molecular formula is C13H19NO.